The average molecular weight is 267 g/mol. The first-order valence-electron chi connectivity index (χ1n) is 6.58. The molecular weight excluding hydrogens is 240 g/mol. The van der Waals surface area contributed by atoms with Gasteiger partial charge in [-0.05, 0) is 25.3 Å². The first-order valence-corrected chi connectivity index (χ1v) is 9.12. The van der Waals surface area contributed by atoms with Gasteiger partial charge >= 0.3 is 8.56 Å². The lowest BCUT2D eigenvalue weighted by Gasteiger charge is -2.33. The van der Waals surface area contributed by atoms with E-state index in [0.717, 1.165) is 44.9 Å². The Kier molecular flexibility index (Phi) is 9.71. The molecule has 0 aliphatic heterocycles. The van der Waals surface area contributed by atoms with Crippen LogP contribution in [-0.2, 0) is 8.85 Å². The van der Waals surface area contributed by atoms with Gasteiger partial charge in [-0.2, -0.15) is 0 Å². The predicted octanol–water partition coefficient (Wildman–Crippen LogP) is 4.25. The van der Waals surface area contributed by atoms with Crippen molar-refractivity contribution in [2.45, 2.75) is 64.4 Å². The maximum Gasteiger partial charge on any atom is 0.356 e. The molecule has 0 fully saturated rings. The quantitative estimate of drug-likeness (QED) is 0.435. The van der Waals surface area contributed by atoms with Crippen LogP contribution >= 0.6 is 11.6 Å². The summed E-state index contributed by atoms with van der Waals surface area (Å²) in [7, 11) is -2.17. The van der Waals surface area contributed by atoms with E-state index in [4.69, 9.17) is 20.5 Å². The van der Waals surface area contributed by atoms with Gasteiger partial charge in [0.1, 0.15) is 0 Å². The van der Waals surface area contributed by atoms with Gasteiger partial charge in [0.15, 0.2) is 0 Å². The fourth-order valence-corrected chi connectivity index (χ4v) is 5.85. The summed E-state index contributed by atoms with van der Waals surface area (Å²) in [4.78, 5) is 0. The Balaban J connectivity index is 4.50. The molecule has 0 bridgehead atoms. The largest absolute Gasteiger partial charge is 0.393 e. The van der Waals surface area contributed by atoms with Crippen molar-refractivity contribution in [2.24, 2.45) is 0 Å². The number of halogens is 1. The van der Waals surface area contributed by atoms with Crippen LogP contribution in [0.1, 0.15) is 53.4 Å². The van der Waals surface area contributed by atoms with Crippen molar-refractivity contribution in [1.29, 1.82) is 0 Å². The third kappa shape index (κ3) is 5.17. The molecule has 0 aromatic rings. The molecule has 98 valence electrons. The highest BCUT2D eigenvalue weighted by molar-refractivity contribution is 6.76. The highest BCUT2D eigenvalue weighted by Gasteiger charge is 2.43. The monoisotopic (exact) mass is 266 g/mol. The van der Waals surface area contributed by atoms with Crippen molar-refractivity contribution >= 4 is 20.2 Å². The first-order chi connectivity index (χ1) is 7.66. The molecule has 0 radical (unpaired) electrons. The van der Waals surface area contributed by atoms with E-state index in [0.29, 0.717) is 0 Å². The molecule has 0 saturated heterocycles. The highest BCUT2D eigenvalue weighted by atomic mass is 35.5. The van der Waals surface area contributed by atoms with E-state index < -0.39 is 8.56 Å². The molecule has 1 unspecified atom stereocenters. The predicted molar refractivity (Wildman–Crippen MR) is 73.3 cm³/mol. The summed E-state index contributed by atoms with van der Waals surface area (Å²) < 4.78 is 12.1. The molecule has 0 aliphatic rings. The standard InChI is InChI=1S/C12H27ClO2Si/c1-5-9-12(13)16(8-4,14-10-6-2)15-11-7-3/h12H,5-11H2,1-4H3. The van der Waals surface area contributed by atoms with E-state index in [-0.39, 0.29) is 5.00 Å². The van der Waals surface area contributed by atoms with Crippen LogP contribution in [0.3, 0.4) is 0 Å². The summed E-state index contributed by atoms with van der Waals surface area (Å²) in [5.74, 6) is 0. The zero-order valence-corrected chi connectivity index (χ0v) is 13.0. The topological polar surface area (TPSA) is 18.5 Å². The summed E-state index contributed by atoms with van der Waals surface area (Å²) in [5.41, 5.74) is 0. The smallest absolute Gasteiger partial charge is 0.356 e. The second-order valence-electron chi connectivity index (χ2n) is 4.12. The summed E-state index contributed by atoms with van der Waals surface area (Å²) in [6.45, 7) is 10.1. The Bertz CT molecular complexity index is 159. The molecule has 2 nitrogen and oxygen atoms in total. The first kappa shape index (κ1) is 16.4. The maximum absolute atomic E-state index is 6.49. The number of alkyl halides is 1. The third-order valence-electron chi connectivity index (χ3n) is 2.61. The summed E-state index contributed by atoms with van der Waals surface area (Å²) in [5, 5.41) is 0.0839. The van der Waals surface area contributed by atoms with Gasteiger partial charge in [0.05, 0.1) is 5.00 Å². The van der Waals surface area contributed by atoms with Gasteiger partial charge in [-0.25, -0.2) is 0 Å². The minimum atomic E-state index is -2.17. The molecule has 0 saturated carbocycles. The lowest BCUT2D eigenvalue weighted by molar-refractivity contribution is 0.165. The fourth-order valence-electron chi connectivity index (χ4n) is 1.67. The highest BCUT2D eigenvalue weighted by Crippen LogP contribution is 2.26. The van der Waals surface area contributed by atoms with E-state index in [1.54, 1.807) is 0 Å². The summed E-state index contributed by atoms with van der Waals surface area (Å²) in [6.07, 6.45) is 4.14. The van der Waals surface area contributed by atoms with Crippen LogP contribution in [0.4, 0.5) is 0 Å². The van der Waals surface area contributed by atoms with Crippen molar-refractivity contribution in [1.82, 2.24) is 0 Å². The van der Waals surface area contributed by atoms with Crippen molar-refractivity contribution in [3.63, 3.8) is 0 Å². The molecule has 1 atom stereocenters. The minimum Gasteiger partial charge on any atom is -0.393 e. The Morgan fingerprint density at radius 1 is 0.938 bits per heavy atom. The Morgan fingerprint density at radius 3 is 1.75 bits per heavy atom. The third-order valence-corrected chi connectivity index (χ3v) is 7.44. The van der Waals surface area contributed by atoms with Gasteiger partial charge < -0.3 is 8.85 Å². The molecule has 0 aliphatic carbocycles. The van der Waals surface area contributed by atoms with Gasteiger partial charge in [-0.3, -0.25) is 0 Å². The van der Waals surface area contributed by atoms with Crippen LogP contribution in [0.5, 0.6) is 0 Å². The van der Waals surface area contributed by atoms with Crippen LogP contribution in [0.25, 0.3) is 0 Å². The zero-order valence-electron chi connectivity index (χ0n) is 11.2. The lowest BCUT2D eigenvalue weighted by Crippen LogP contribution is -2.51. The molecule has 0 aromatic heterocycles. The molecule has 0 heterocycles. The minimum absolute atomic E-state index is 0.0839. The Hall–Kier alpha value is 0.427. The molecule has 4 heteroatoms. The van der Waals surface area contributed by atoms with Crippen LogP contribution in [0, 0.1) is 0 Å². The van der Waals surface area contributed by atoms with Gasteiger partial charge in [0.2, 0.25) is 0 Å². The molecule has 16 heavy (non-hydrogen) atoms. The van der Waals surface area contributed by atoms with Crippen LogP contribution in [0.15, 0.2) is 0 Å². The molecule has 0 rings (SSSR count). The lowest BCUT2D eigenvalue weighted by atomic mass is 10.4. The molecule has 0 amide bonds. The van der Waals surface area contributed by atoms with Gasteiger partial charge in [-0.15, -0.1) is 11.6 Å². The van der Waals surface area contributed by atoms with Gasteiger partial charge in [0, 0.05) is 13.2 Å². The molecular formula is C12H27ClO2Si. The normalized spacial score (nSPS) is 14.1. The van der Waals surface area contributed by atoms with Crippen molar-refractivity contribution in [2.75, 3.05) is 13.2 Å². The maximum atomic E-state index is 6.49. The Labute approximate surface area is 107 Å². The zero-order chi connectivity index (χ0) is 12.4. The summed E-state index contributed by atoms with van der Waals surface area (Å²) in [6, 6.07) is 0.946. The van der Waals surface area contributed by atoms with Crippen molar-refractivity contribution < 1.29 is 8.85 Å². The summed E-state index contributed by atoms with van der Waals surface area (Å²) >= 11 is 6.49. The molecule has 0 aromatic carbocycles. The number of hydrogen-bond acceptors (Lipinski definition) is 2. The second-order valence-corrected chi connectivity index (χ2v) is 8.62. The van der Waals surface area contributed by atoms with E-state index in [9.17, 15) is 0 Å². The SMILES string of the molecule is CCCO[Si](CC)(OCCC)C(Cl)CCC. The number of rotatable bonds is 10. The van der Waals surface area contributed by atoms with E-state index >= 15 is 0 Å². The Morgan fingerprint density at radius 2 is 1.44 bits per heavy atom. The molecule has 0 N–H and O–H groups in total. The average Bonchev–Trinajstić information content (AvgIpc) is 2.30. The fraction of sp³-hybridized carbons (Fsp3) is 1.00. The van der Waals surface area contributed by atoms with Crippen molar-refractivity contribution in [3.05, 3.63) is 0 Å². The van der Waals surface area contributed by atoms with Crippen LogP contribution < -0.4 is 0 Å². The van der Waals surface area contributed by atoms with E-state index in [1.165, 1.54) is 0 Å². The van der Waals surface area contributed by atoms with Crippen LogP contribution in [-0.4, -0.2) is 26.8 Å². The van der Waals surface area contributed by atoms with Crippen molar-refractivity contribution in [3.8, 4) is 0 Å². The molecule has 0 spiro atoms. The number of hydrogen-bond donors (Lipinski definition) is 0. The van der Waals surface area contributed by atoms with Crippen LogP contribution in [0.2, 0.25) is 6.04 Å². The van der Waals surface area contributed by atoms with E-state index in [2.05, 4.69) is 27.7 Å². The second kappa shape index (κ2) is 9.46. The van der Waals surface area contributed by atoms with Gasteiger partial charge in [-0.1, -0.05) is 34.1 Å². The van der Waals surface area contributed by atoms with E-state index in [1.807, 2.05) is 0 Å². The van der Waals surface area contributed by atoms with Gasteiger partial charge in [0.25, 0.3) is 0 Å².